The number of H-pyrrole nitrogens is 1. The van der Waals surface area contributed by atoms with Crippen LogP contribution in [0.4, 0.5) is 5.69 Å². The Morgan fingerprint density at radius 3 is 2.44 bits per heavy atom. The Labute approximate surface area is 145 Å². The minimum absolute atomic E-state index is 0.110. The van der Waals surface area contributed by atoms with Crippen LogP contribution in [0.2, 0.25) is 0 Å². The monoisotopic (exact) mass is 338 g/mol. The van der Waals surface area contributed by atoms with Crippen molar-refractivity contribution in [2.24, 2.45) is 0 Å². The van der Waals surface area contributed by atoms with E-state index >= 15 is 0 Å². The van der Waals surface area contributed by atoms with E-state index < -0.39 is 0 Å². The molecule has 1 amide bonds. The zero-order chi connectivity index (χ0) is 17.5. The van der Waals surface area contributed by atoms with Crippen LogP contribution in [0.25, 0.3) is 11.4 Å². The summed E-state index contributed by atoms with van der Waals surface area (Å²) in [4.78, 5) is 16.1. The fourth-order valence-electron chi connectivity index (χ4n) is 2.21. The molecule has 0 aliphatic carbocycles. The standard InChI is InChI=1S/C18H18N4O3/c1-24-15-6-8-16(9-7-15)25-11-10-17(23)21-14-4-2-13(3-5-14)18-19-12-20-22-18/h2-9,12H,10-11H2,1H3,(H,21,23)(H,19,20,22). The number of rotatable bonds is 7. The van der Waals surface area contributed by atoms with Crippen LogP contribution in [0.5, 0.6) is 11.5 Å². The summed E-state index contributed by atoms with van der Waals surface area (Å²) < 4.78 is 10.6. The zero-order valence-electron chi connectivity index (χ0n) is 13.7. The van der Waals surface area contributed by atoms with Crippen LogP contribution in [0.3, 0.4) is 0 Å². The maximum absolute atomic E-state index is 12.0. The third-order valence-electron chi connectivity index (χ3n) is 3.51. The molecule has 3 aromatic rings. The van der Waals surface area contributed by atoms with Crippen LogP contribution in [0, 0.1) is 0 Å². The number of hydrogen-bond acceptors (Lipinski definition) is 5. The smallest absolute Gasteiger partial charge is 0.227 e. The molecule has 0 fully saturated rings. The molecular formula is C18H18N4O3. The number of amides is 1. The highest BCUT2D eigenvalue weighted by atomic mass is 16.5. The summed E-state index contributed by atoms with van der Waals surface area (Å²) in [7, 11) is 1.61. The third-order valence-corrected chi connectivity index (χ3v) is 3.51. The molecule has 0 saturated carbocycles. The van der Waals surface area contributed by atoms with Crippen molar-refractivity contribution in [3.63, 3.8) is 0 Å². The average molecular weight is 338 g/mol. The minimum Gasteiger partial charge on any atom is -0.497 e. The molecule has 2 aromatic carbocycles. The van der Waals surface area contributed by atoms with Crippen LogP contribution in [0.1, 0.15) is 6.42 Å². The molecule has 0 unspecified atom stereocenters. The Bertz CT molecular complexity index is 799. The number of carbonyl (C=O) groups is 1. The fourth-order valence-corrected chi connectivity index (χ4v) is 2.21. The van der Waals surface area contributed by atoms with Crippen molar-refractivity contribution < 1.29 is 14.3 Å². The lowest BCUT2D eigenvalue weighted by atomic mass is 10.2. The van der Waals surface area contributed by atoms with E-state index in [0.717, 1.165) is 17.0 Å². The van der Waals surface area contributed by atoms with Gasteiger partial charge in [-0.3, -0.25) is 9.89 Å². The highest BCUT2D eigenvalue weighted by Gasteiger charge is 2.05. The largest absolute Gasteiger partial charge is 0.497 e. The molecule has 1 heterocycles. The summed E-state index contributed by atoms with van der Waals surface area (Å²) in [5.74, 6) is 2.04. The van der Waals surface area contributed by atoms with Crippen molar-refractivity contribution >= 4 is 11.6 Å². The van der Waals surface area contributed by atoms with Crippen molar-refractivity contribution in [3.8, 4) is 22.9 Å². The summed E-state index contributed by atoms with van der Waals surface area (Å²) >= 11 is 0. The van der Waals surface area contributed by atoms with E-state index in [0.29, 0.717) is 18.2 Å². The predicted octanol–water partition coefficient (Wildman–Crippen LogP) is 2.89. The van der Waals surface area contributed by atoms with Crippen LogP contribution < -0.4 is 14.8 Å². The molecule has 2 N–H and O–H groups in total. The van der Waals surface area contributed by atoms with Crippen LogP contribution in [-0.2, 0) is 4.79 Å². The summed E-state index contributed by atoms with van der Waals surface area (Å²) in [5.41, 5.74) is 1.62. The summed E-state index contributed by atoms with van der Waals surface area (Å²) in [5, 5.41) is 9.44. The van der Waals surface area contributed by atoms with Crippen molar-refractivity contribution in [1.82, 2.24) is 15.2 Å². The van der Waals surface area contributed by atoms with Gasteiger partial charge in [-0.2, -0.15) is 5.10 Å². The first-order valence-corrected chi connectivity index (χ1v) is 7.77. The van der Waals surface area contributed by atoms with Gasteiger partial charge in [0.05, 0.1) is 20.1 Å². The van der Waals surface area contributed by atoms with Gasteiger partial charge >= 0.3 is 0 Å². The maximum Gasteiger partial charge on any atom is 0.227 e. The van der Waals surface area contributed by atoms with Crippen molar-refractivity contribution in [2.75, 3.05) is 19.0 Å². The number of nitrogens with zero attached hydrogens (tertiary/aromatic N) is 2. The van der Waals surface area contributed by atoms with Crippen molar-refractivity contribution in [1.29, 1.82) is 0 Å². The zero-order valence-corrected chi connectivity index (χ0v) is 13.7. The lowest BCUT2D eigenvalue weighted by Gasteiger charge is -2.08. The van der Waals surface area contributed by atoms with Gasteiger partial charge in [-0.1, -0.05) is 0 Å². The van der Waals surface area contributed by atoms with Gasteiger partial charge < -0.3 is 14.8 Å². The lowest BCUT2D eigenvalue weighted by Crippen LogP contribution is -2.15. The number of nitrogens with one attached hydrogen (secondary N) is 2. The number of hydrogen-bond donors (Lipinski definition) is 2. The van der Waals surface area contributed by atoms with Gasteiger partial charge in [-0.25, -0.2) is 4.98 Å². The van der Waals surface area contributed by atoms with Gasteiger partial charge in [0.1, 0.15) is 17.8 Å². The fraction of sp³-hybridized carbons (Fsp3) is 0.167. The summed E-state index contributed by atoms with van der Waals surface area (Å²) in [6, 6.07) is 14.6. The highest BCUT2D eigenvalue weighted by Crippen LogP contribution is 2.18. The Morgan fingerprint density at radius 2 is 1.80 bits per heavy atom. The molecule has 0 aliphatic heterocycles. The average Bonchev–Trinajstić information content (AvgIpc) is 3.18. The van der Waals surface area contributed by atoms with E-state index in [9.17, 15) is 4.79 Å². The number of anilines is 1. The normalized spacial score (nSPS) is 10.3. The second kappa shape index (κ2) is 7.96. The van der Waals surface area contributed by atoms with Gasteiger partial charge in [0.2, 0.25) is 5.91 Å². The Balaban J connectivity index is 1.45. The molecule has 0 bridgehead atoms. The lowest BCUT2D eigenvalue weighted by molar-refractivity contribution is -0.116. The van der Waals surface area contributed by atoms with E-state index in [2.05, 4.69) is 20.5 Å². The van der Waals surface area contributed by atoms with Crippen LogP contribution in [-0.4, -0.2) is 34.8 Å². The van der Waals surface area contributed by atoms with Crippen LogP contribution in [0.15, 0.2) is 54.9 Å². The van der Waals surface area contributed by atoms with Crippen LogP contribution >= 0.6 is 0 Å². The first kappa shape index (κ1) is 16.5. The minimum atomic E-state index is -0.110. The van der Waals surface area contributed by atoms with Gasteiger partial charge in [0.25, 0.3) is 0 Å². The topological polar surface area (TPSA) is 89.1 Å². The number of benzene rings is 2. The first-order chi connectivity index (χ1) is 12.2. The number of carbonyl (C=O) groups excluding carboxylic acids is 1. The number of ether oxygens (including phenoxy) is 2. The number of aromatic nitrogens is 3. The Kier molecular flexibility index (Phi) is 5.26. The molecule has 25 heavy (non-hydrogen) atoms. The van der Waals surface area contributed by atoms with Crippen molar-refractivity contribution in [2.45, 2.75) is 6.42 Å². The van der Waals surface area contributed by atoms with Gasteiger partial charge in [0, 0.05) is 11.3 Å². The van der Waals surface area contributed by atoms with E-state index in [-0.39, 0.29) is 12.3 Å². The summed E-state index contributed by atoms with van der Waals surface area (Å²) in [6.45, 7) is 0.300. The molecule has 1 aromatic heterocycles. The molecule has 3 rings (SSSR count). The van der Waals surface area contributed by atoms with E-state index in [1.165, 1.54) is 6.33 Å². The number of aromatic amines is 1. The Morgan fingerprint density at radius 1 is 1.08 bits per heavy atom. The molecular weight excluding hydrogens is 320 g/mol. The Hall–Kier alpha value is -3.35. The molecule has 0 saturated heterocycles. The molecule has 0 atom stereocenters. The molecule has 0 aliphatic rings. The SMILES string of the molecule is COc1ccc(OCCC(=O)Nc2ccc(-c3ncn[nH]3)cc2)cc1. The quantitative estimate of drug-likeness (QED) is 0.691. The molecule has 0 radical (unpaired) electrons. The second-order valence-electron chi connectivity index (χ2n) is 5.23. The molecule has 7 nitrogen and oxygen atoms in total. The van der Waals surface area contributed by atoms with E-state index in [4.69, 9.17) is 9.47 Å². The molecule has 128 valence electrons. The van der Waals surface area contributed by atoms with Gasteiger partial charge in [-0.15, -0.1) is 0 Å². The molecule has 0 spiro atoms. The predicted molar refractivity (Wildman–Crippen MR) is 93.6 cm³/mol. The van der Waals surface area contributed by atoms with E-state index in [1.54, 1.807) is 19.2 Å². The second-order valence-corrected chi connectivity index (χ2v) is 5.23. The first-order valence-electron chi connectivity index (χ1n) is 7.77. The third kappa shape index (κ3) is 4.57. The highest BCUT2D eigenvalue weighted by molar-refractivity contribution is 5.91. The molecule has 7 heteroatoms. The summed E-state index contributed by atoms with van der Waals surface area (Å²) in [6.07, 6.45) is 1.71. The number of methoxy groups -OCH3 is 1. The van der Waals surface area contributed by atoms with E-state index in [1.807, 2.05) is 36.4 Å². The maximum atomic E-state index is 12.0. The van der Waals surface area contributed by atoms with Gasteiger partial charge in [0.15, 0.2) is 5.82 Å². The van der Waals surface area contributed by atoms with Crippen molar-refractivity contribution in [3.05, 3.63) is 54.9 Å². The van der Waals surface area contributed by atoms with Gasteiger partial charge in [-0.05, 0) is 48.5 Å².